The molecular weight excluding hydrogens is 228 g/mol. The van der Waals surface area contributed by atoms with Crippen LogP contribution in [-0.4, -0.2) is 25.3 Å². The van der Waals surface area contributed by atoms with Crippen molar-refractivity contribution in [2.45, 2.75) is 64.9 Å². The minimum Gasteiger partial charge on any atom is -0.460 e. The van der Waals surface area contributed by atoms with Gasteiger partial charge in [0.25, 0.3) is 0 Å². The topological polar surface area (TPSA) is 35.5 Å². The fraction of sp³-hybridized carbons (Fsp3) is 0.800. The summed E-state index contributed by atoms with van der Waals surface area (Å²) in [4.78, 5) is 10.8. The summed E-state index contributed by atoms with van der Waals surface area (Å²) in [7, 11) is 0. The zero-order valence-electron chi connectivity index (χ0n) is 12.0. The monoisotopic (exact) mass is 256 g/mol. The first-order chi connectivity index (χ1) is 8.74. The van der Waals surface area contributed by atoms with Crippen molar-refractivity contribution in [2.24, 2.45) is 0 Å². The number of hydrogen-bond donors (Lipinski definition) is 0. The molecule has 0 aliphatic rings. The highest BCUT2D eigenvalue weighted by atomic mass is 16.6. The maximum atomic E-state index is 10.8. The van der Waals surface area contributed by atoms with Crippen LogP contribution >= 0.6 is 0 Å². The Labute approximate surface area is 112 Å². The number of carbonyl (C=O) groups is 1. The average molecular weight is 256 g/mol. The van der Waals surface area contributed by atoms with Crippen LogP contribution in [0, 0.1) is 0 Å². The second-order valence-corrected chi connectivity index (χ2v) is 4.48. The van der Waals surface area contributed by atoms with Gasteiger partial charge in [-0.25, -0.2) is 4.79 Å². The first kappa shape index (κ1) is 17.2. The normalized spacial score (nSPS) is 12.1. The molecule has 3 nitrogen and oxygen atoms in total. The molecule has 0 aromatic carbocycles. The number of ether oxygens (including phenoxy) is 2. The molecule has 106 valence electrons. The van der Waals surface area contributed by atoms with E-state index in [-0.39, 0.29) is 5.97 Å². The van der Waals surface area contributed by atoms with Crippen LogP contribution in [0.3, 0.4) is 0 Å². The largest absolute Gasteiger partial charge is 0.460 e. The average Bonchev–Trinajstić information content (AvgIpc) is 2.40. The van der Waals surface area contributed by atoms with E-state index in [1.807, 2.05) is 0 Å². The SMILES string of the molecule is C=CC(=O)OCCOC(CC)CCCCCCC. The van der Waals surface area contributed by atoms with Crippen molar-refractivity contribution in [3.63, 3.8) is 0 Å². The molecule has 0 saturated carbocycles. The van der Waals surface area contributed by atoms with E-state index in [2.05, 4.69) is 20.4 Å². The van der Waals surface area contributed by atoms with Crippen LogP contribution in [0.1, 0.15) is 58.8 Å². The van der Waals surface area contributed by atoms with Gasteiger partial charge in [0, 0.05) is 6.08 Å². The van der Waals surface area contributed by atoms with Gasteiger partial charge in [0.2, 0.25) is 0 Å². The molecule has 0 aliphatic carbocycles. The van der Waals surface area contributed by atoms with Gasteiger partial charge in [0.15, 0.2) is 0 Å². The summed E-state index contributed by atoms with van der Waals surface area (Å²) in [5.74, 6) is -0.383. The van der Waals surface area contributed by atoms with E-state index in [1.165, 1.54) is 38.2 Å². The molecule has 0 N–H and O–H groups in total. The molecule has 0 aromatic rings. The Bertz CT molecular complexity index is 214. The van der Waals surface area contributed by atoms with Gasteiger partial charge >= 0.3 is 5.97 Å². The zero-order valence-corrected chi connectivity index (χ0v) is 12.0. The lowest BCUT2D eigenvalue weighted by Crippen LogP contribution is -2.16. The maximum absolute atomic E-state index is 10.8. The summed E-state index contributed by atoms with van der Waals surface area (Å²) >= 11 is 0. The molecule has 0 bridgehead atoms. The zero-order chi connectivity index (χ0) is 13.6. The predicted molar refractivity (Wildman–Crippen MR) is 74.6 cm³/mol. The van der Waals surface area contributed by atoms with Gasteiger partial charge in [-0.3, -0.25) is 0 Å². The molecule has 0 radical (unpaired) electrons. The standard InChI is InChI=1S/C15H28O3/c1-4-7-8-9-10-11-14(5-2)17-12-13-18-15(16)6-3/h6,14H,3-5,7-13H2,1-2H3. The molecule has 0 fully saturated rings. The van der Waals surface area contributed by atoms with E-state index in [0.29, 0.717) is 19.3 Å². The highest BCUT2D eigenvalue weighted by Gasteiger charge is 2.06. The van der Waals surface area contributed by atoms with E-state index in [9.17, 15) is 4.79 Å². The lowest BCUT2D eigenvalue weighted by molar-refractivity contribution is -0.140. The number of hydrogen-bond acceptors (Lipinski definition) is 3. The molecule has 0 heterocycles. The number of rotatable bonds is 12. The lowest BCUT2D eigenvalue weighted by Gasteiger charge is -2.15. The van der Waals surface area contributed by atoms with E-state index in [0.717, 1.165) is 12.8 Å². The Balaban J connectivity index is 3.46. The fourth-order valence-electron chi connectivity index (χ4n) is 1.80. The molecule has 0 saturated heterocycles. The third-order valence-electron chi connectivity index (χ3n) is 2.93. The van der Waals surface area contributed by atoms with Crippen LogP contribution in [0.15, 0.2) is 12.7 Å². The Morgan fingerprint density at radius 3 is 2.50 bits per heavy atom. The third-order valence-corrected chi connectivity index (χ3v) is 2.93. The second-order valence-electron chi connectivity index (χ2n) is 4.48. The predicted octanol–water partition coefficient (Wildman–Crippen LogP) is 3.87. The van der Waals surface area contributed by atoms with Crippen molar-refractivity contribution in [1.29, 1.82) is 0 Å². The van der Waals surface area contributed by atoms with Gasteiger partial charge in [0.05, 0.1) is 12.7 Å². The molecule has 18 heavy (non-hydrogen) atoms. The Morgan fingerprint density at radius 1 is 1.17 bits per heavy atom. The van der Waals surface area contributed by atoms with Gasteiger partial charge in [0.1, 0.15) is 6.61 Å². The molecular formula is C15H28O3. The van der Waals surface area contributed by atoms with Crippen molar-refractivity contribution in [2.75, 3.05) is 13.2 Å². The fourth-order valence-corrected chi connectivity index (χ4v) is 1.80. The van der Waals surface area contributed by atoms with Crippen molar-refractivity contribution < 1.29 is 14.3 Å². The van der Waals surface area contributed by atoms with Crippen LogP contribution in [-0.2, 0) is 14.3 Å². The van der Waals surface area contributed by atoms with Crippen molar-refractivity contribution in [3.8, 4) is 0 Å². The highest BCUT2D eigenvalue weighted by Crippen LogP contribution is 2.11. The van der Waals surface area contributed by atoms with Gasteiger partial charge in [-0.05, 0) is 12.8 Å². The summed E-state index contributed by atoms with van der Waals surface area (Å²) in [6, 6.07) is 0. The third kappa shape index (κ3) is 10.3. The molecule has 1 atom stereocenters. The molecule has 0 amide bonds. The van der Waals surface area contributed by atoms with E-state index >= 15 is 0 Å². The van der Waals surface area contributed by atoms with Crippen molar-refractivity contribution in [1.82, 2.24) is 0 Å². The number of unbranched alkanes of at least 4 members (excludes halogenated alkanes) is 4. The Morgan fingerprint density at radius 2 is 1.89 bits per heavy atom. The first-order valence-corrected chi connectivity index (χ1v) is 7.15. The minimum absolute atomic E-state index is 0.300. The summed E-state index contributed by atoms with van der Waals surface area (Å²) in [5.41, 5.74) is 0. The molecule has 0 spiro atoms. The van der Waals surface area contributed by atoms with E-state index in [4.69, 9.17) is 9.47 Å². The van der Waals surface area contributed by atoms with Gasteiger partial charge < -0.3 is 9.47 Å². The molecule has 0 aliphatic heterocycles. The molecule has 0 aromatic heterocycles. The van der Waals surface area contributed by atoms with Crippen LogP contribution in [0.4, 0.5) is 0 Å². The summed E-state index contributed by atoms with van der Waals surface area (Å²) in [6.07, 6.45) is 10.0. The van der Waals surface area contributed by atoms with Gasteiger partial charge in [-0.2, -0.15) is 0 Å². The number of esters is 1. The second kappa shape index (κ2) is 12.6. The minimum atomic E-state index is -0.383. The lowest BCUT2D eigenvalue weighted by atomic mass is 10.1. The van der Waals surface area contributed by atoms with E-state index in [1.54, 1.807) is 0 Å². The van der Waals surface area contributed by atoms with Crippen LogP contribution in [0.2, 0.25) is 0 Å². The van der Waals surface area contributed by atoms with Crippen LogP contribution < -0.4 is 0 Å². The Hall–Kier alpha value is -0.830. The van der Waals surface area contributed by atoms with Crippen LogP contribution in [0.5, 0.6) is 0 Å². The van der Waals surface area contributed by atoms with E-state index < -0.39 is 0 Å². The van der Waals surface area contributed by atoms with Crippen molar-refractivity contribution in [3.05, 3.63) is 12.7 Å². The smallest absolute Gasteiger partial charge is 0.330 e. The molecule has 0 rings (SSSR count). The number of carbonyl (C=O) groups excluding carboxylic acids is 1. The summed E-state index contributed by atoms with van der Waals surface area (Å²) < 4.78 is 10.5. The first-order valence-electron chi connectivity index (χ1n) is 7.15. The van der Waals surface area contributed by atoms with Gasteiger partial charge in [-0.1, -0.05) is 52.5 Å². The van der Waals surface area contributed by atoms with Crippen LogP contribution in [0.25, 0.3) is 0 Å². The summed E-state index contributed by atoms with van der Waals surface area (Å²) in [6.45, 7) is 8.49. The van der Waals surface area contributed by atoms with Gasteiger partial charge in [-0.15, -0.1) is 0 Å². The maximum Gasteiger partial charge on any atom is 0.330 e. The van der Waals surface area contributed by atoms with Crippen molar-refractivity contribution >= 4 is 5.97 Å². The highest BCUT2D eigenvalue weighted by molar-refractivity contribution is 5.81. The quantitative estimate of drug-likeness (QED) is 0.302. The summed E-state index contributed by atoms with van der Waals surface area (Å²) in [5, 5.41) is 0. The Kier molecular flexibility index (Phi) is 12.0. The molecule has 1 unspecified atom stereocenters. The molecule has 3 heteroatoms.